The largest absolute Gasteiger partial charge is 0.357 e. The molecule has 0 amide bonds. The van der Waals surface area contributed by atoms with Crippen LogP contribution in [0.2, 0.25) is 5.28 Å². The quantitative estimate of drug-likeness (QED) is 0.881. The van der Waals surface area contributed by atoms with Gasteiger partial charge in [0, 0.05) is 19.4 Å². The zero-order valence-corrected chi connectivity index (χ0v) is 10.8. The Morgan fingerprint density at radius 2 is 1.78 bits per heavy atom. The number of hydrogen-bond acceptors (Lipinski definition) is 6. The lowest BCUT2D eigenvalue weighted by atomic mass is 10.1. The van der Waals surface area contributed by atoms with Gasteiger partial charge in [0.05, 0.1) is 6.04 Å². The van der Waals surface area contributed by atoms with Gasteiger partial charge >= 0.3 is 0 Å². The summed E-state index contributed by atoms with van der Waals surface area (Å²) >= 11 is 5.81. The van der Waals surface area contributed by atoms with Crippen LogP contribution in [0.25, 0.3) is 0 Å². The number of rotatable bonds is 4. The summed E-state index contributed by atoms with van der Waals surface area (Å²) in [6.45, 7) is 2.01. The van der Waals surface area contributed by atoms with E-state index in [4.69, 9.17) is 11.6 Å². The molecule has 2 aromatic rings. The fourth-order valence-corrected chi connectivity index (χ4v) is 1.62. The van der Waals surface area contributed by atoms with Gasteiger partial charge < -0.3 is 10.6 Å². The fourth-order valence-electron chi connectivity index (χ4n) is 1.46. The van der Waals surface area contributed by atoms with Gasteiger partial charge in [0.2, 0.25) is 17.2 Å². The van der Waals surface area contributed by atoms with Gasteiger partial charge in [0.25, 0.3) is 0 Å². The summed E-state index contributed by atoms with van der Waals surface area (Å²) in [6.07, 6.45) is 3.49. The Bertz CT molecular complexity index is 518. The van der Waals surface area contributed by atoms with Crippen molar-refractivity contribution < 1.29 is 0 Å². The molecule has 1 atom stereocenters. The Morgan fingerprint density at radius 3 is 2.44 bits per heavy atom. The van der Waals surface area contributed by atoms with Crippen LogP contribution < -0.4 is 10.6 Å². The topological polar surface area (TPSA) is 75.6 Å². The molecule has 0 saturated carbocycles. The first-order valence-corrected chi connectivity index (χ1v) is 5.82. The SMILES string of the molecule is CNc1nc(Cl)nc(NC(C)c2ccncc2)n1. The number of anilines is 2. The molecule has 0 aromatic carbocycles. The van der Waals surface area contributed by atoms with Gasteiger partial charge in [-0.2, -0.15) is 15.0 Å². The molecular weight excluding hydrogens is 252 g/mol. The monoisotopic (exact) mass is 264 g/mol. The summed E-state index contributed by atoms with van der Waals surface area (Å²) in [6, 6.07) is 3.91. The van der Waals surface area contributed by atoms with E-state index in [-0.39, 0.29) is 11.3 Å². The normalized spacial score (nSPS) is 11.9. The van der Waals surface area contributed by atoms with Crippen molar-refractivity contribution in [2.75, 3.05) is 17.7 Å². The number of aromatic nitrogens is 4. The minimum Gasteiger partial charge on any atom is -0.357 e. The van der Waals surface area contributed by atoms with Gasteiger partial charge in [-0.25, -0.2) is 0 Å². The van der Waals surface area contributed by atoms with E-state index in [1.165, 1.54) is 0 Å². The number of hydrogen-bond donors (Lipinski definition) is 2. The molecule has 2 aromatic heterocycles. The van der Waals surface area contributed by atoms with E-state index in [0.717, 1.165) is 5.56 Å². The zero-order chi connectivity index (χ0) is 13.0. The van der Waals surface area contributed by atoms with Crippen LogP contribution in [0.3, 0.4) is 0 Å². The molecule has 1 unspecified atom stereocenters. The Labute approximate surface area is 110 Å². The van der Waals surface area contributed by atoms with Crippen molar-refractivity contribution in [1.29, 1.82) is 0 Å². The minimum absolute atomic E-state index is 0.0520. The van der Waals surface area contributed by atoms with E-state index < -0.39 is 0 Å². The van der Waals surface area contributed by atoms with Crippen molar-refractivity contribution in [1.82, 2.24) is 19.9 Å². The molecule has 6 nitrogen and oxygen atoms in total. The molecule has 2 heterocycles. The average Bonchev–Trinajstić information content (AvgIpc) is 2.39. The van der Waals surface area contributed by atoms with Crippen LogP contribution in [-0.4, -0.2) is 27.0 Å². The van der Waals surface area contributed by atoms with Crippen molar-refractivity contribution in [3.8, 4) is 0 Å². The molecule has 2 rings (SSSR count). The molecule has 94 valence electrons. The first-order chi connectivity index (χ1) is 8.69. The molecule has 7 heteroatoms. The third-order valence-corrected chi connectivity index (χ3v) is 2.55. The predicted molar refractivity (Wildman–Crippen MR) is 70.7 cm³/mol. The number of halogens is 1. The molecule has 0 radical (unpaired) electrons. The third-order valence-electron chi connectivity index (χ3n) is 2.38. The average molecular weight is 265 g/mol. The number of nitrogens with zero attached hydrogens (tertiary/aromatic N) is 4. The summed E-state index contributed by atoms with van der Waals surface area (Å²) in [5.41, 5.74) is 1.09. The van der Waals surface area contributed by atoms with Gasteiger partial charge in [-0.15, -0.1) is 0 Å². The third kappa shape index (κ3) is 3.04. The molecular formula is C11H13ClN6. The van der Waals surface area contributed by atoms with E-state index in [1.807, 2.05) is 19.1 Å². The van der Waals surface area contributed by atoms with E-state index in [2.05, 4.69) is 30.6 Å². The highest BCUT2D eigenvalue weighted by Gasteiger charge is 2.09. The molecule has 18 heavy (non-hydrogen) atoms. The summed E-state index contributed by atoms with van der Waals surface area (Å²) in [7, 11) is 1.72. The second-order valence-corrected chi connectivity index (χ2v) is 3.99. The Kier molecular flexibility index (Phi) is 3.88. The van der Waals surface area contributed by atoms with Crippen LogP contribution in [0.5, 0.6) is 0 Å². The van der Waals surface area contributed by atoms with Crippen molar-refractivity contribution in [3.05, 3.63) is 35.4 Å². The molecule has 2 N–H and O–H groups in total. The highest BCUT2D eigenvalue weighted by Crippen LogP contribution is 2.17. The predicted octanol–water partition coefficient (Wildman–Crippen LogP) is 2.13. The lowest BCUT2D eigenvalue weighted by molar-refractivity contribution is 0.851. The van der Waals surface area contributed by atoms with Gasteiger partial charge in [-0.05, 0) is 36.2 Å². The maximum absolute atomic E-state index is 5.81. The van der Waals surface area contributed by atoms with Crippen molar-refractivity contribution in [2.45, 2.75) is 13.0 Å². The van der Waals surface area contributed by atoms with E-state index in [9.17, 15) is 0 Å². The van der Waals surface area contributed by atoms with Gasteiger partial charge in [-0.3, -0.25) is 4.98 Å². The van der Waals surface area contributed by atoms with E-state index in [1.54, 1.807) is 19.4 Å². The molecule has 0 aliphatic carbocycles. The first-order valence-electron chi connectivity index (χ1n) is 5.45. The maximum Gasteiger partial charge on any atom is 0.229 e. The Morgan fingerprint density at radius 1 is 1.11 bits per heavy atom. The zero-order valence-electron chi connectivity index (χ0n) is 10.1. The number of nitrogens with one attached hydrogen (secondary N) is 2. The molecule has 0 aliphatic heterocycles. The highest BCUT2D eigenvalue weighted by molar-refractivity contribution is 6.28. The molecule has 0 bridgehead atoms. The number of pyridine rings is 1. The highest BCUT2D eigenvalue weighted by atomic mass is 35.5. The molecule has 0 fully saturated rings. The van der Waals surface area contributed by atoms with Gasteiger partial charge in [-0.1, -0.05) is 0 Å². The fraction of sp³-hybridized carbons (Fsp3) is 0.273. The van der Waals surface area contributed by atoms with Gasteiger partial charge in [0.15, 0.2) is 0 Å². The van der Waals surface area contributed by atoms with Crippen LogP contribution in [-0.2, 0) is 0 Å². The molecule has 0 spiro atoms. The van der Waals surface area contributed by atoms with Crippen LogP contribution in [0.1, 0.15) is 18.5 Å². The van der Waals surface area contributed by atoms with Crippen LogP contribution in [0.4, 0.5) is 11.9 Å². The summed E-state index contributed by atoms with van der Waals surface area (Å²) in [4.78, 5) is 16.1. The van der Waals surface area contributed by atoms with Crippen LogP contribution in [0, 0.1) is 0 Å². The lowest BCUT2D eigenvalue weighted by Gasteiger charge is -2.14. The first kappa shape index (κ1) is 12.5. The molecule has 0 saturated heterocycles. The standard InChI is InChI=1S/C11H13ClN6/c1-7(8-3-5-14-6-4-8)15-11-17-9(12)16-10(13-2)18-11/h3-7H,1-2H3,(H2,13,15,16,17,18). The van der Waals surface area contributed by atoms with Gasteiger partial charge in [0.1, 0.15) is 0 Å². The second kappa shape index (κ2) is 5.59. The summed E-state index contributed by atoms with van der Waals surface area (Å²) in [5.74, 6) is 0.864. The lowest BCUT2D eigenvalue weighted by Crippen LogP contribution is -2.11. The van der Waals surface area contributed by atoms with Crippen molar-refractivity contribution >= 4 is 23.5 Å². The van der Waals surface area contributed by atoms with Crippen LogP contribution >= 0.6 is 11.6 Å². The van der Waals surface area contributed by atoms with Crippen molar-refractivity contribution in [2.24, 2.45) is 0 Å². The Hall–Kier alpha value is -1.95. The molecule has 0 aliphatic rings. The summed E-state index contributed by atoms with van der Waals surface area (Å²) in [5, 5.41) is 6.14. The maximum atomic E-state index is 5.81. The van der Waals surface area contributed by atoms with E-state index in [0.29, 0.717) is 11.9 Å². The second-order valence-electron chi connectivity index (χ2n) is 3.65. The van der Waals surface area contributed by atoms with Crippen molar-refractivity contribution in [3.63, 3.8) is 0 Å². The summed E-state index contributed by atoms with van der Waals surface area (Å²) < 4.78 is 0. The smallest absolute Gasteiger partial charge is 0.229 e. The minimum atomic E-state index is 0.0520. The van der Waals surface area contributed by atoms with Crippen LogP contribution in [0.15, 0.2) is 24.5 Å². The Balaban J connectivity index is 2.16. The van der Waals surface area contributed by atoms with E-state index >= 15 is 0 Å².